The van der Waals surface area contributed by atoms with Gasteiger partial charge < -0.3 is 19.9 Å². The van der Waals surface area contributed by atoms with Crippen molar-refractivity contribution in [3.63, 3.8) is 0 Å². The zero-order valence-electron chi connectivity index (χ0n) is 21.3. The van der Waals surface area contributed by atoms with Crippen molar-refractivity contribution >= 4 is 28.3 Å². The van der Waals surface area contributed by atoms with Crippen molar-refractivity contribution in [2.24, 2.45) is 0 Å². The summed E-state index contributed by atoms with van der Waals surface area (Å²) in [4.78, 5) is 21.9. The number of piperazine rings is 1. The summed E-state index contributed by atoms with van der Waals surface area (Å²) >= 11 is 0. The smallest absolute Gasteiger partial charge is 0.224 e. The van der Waals surface area contributed by atoms with Gasteiger partial charge in [-0.25, -0.2) is 4.98 Å². The fourth-order valence-electron chi connectivity index (χ4n) is 5.42. The quantitative estimate of drug-likeness (QED) is 0.434. The van der Waals surface area contributed by atoms with Crippen LogP contribution in [0.3, 0.4) is 0 Å². The lowest BCUT2D eigenvalue weighted by molar-refractivity contribution is -0.116. The molecule has 6 rings (SSSR count). The van der Waals surface area contributed by atoms with E-state index in [1.165, 1.54) is 5.56 Å². The minimum absolute atomic E-state index is 0.0496. The number of nitrogens with one attached hydrogen (secondary N) is 2. The van der Waals surface area contributed by atoms with E-state index < -0.39 is 0 Å². The third kappa shape index (κ3) is 4.76. The third-order valence-electron chi connectivity index (χ3n) is 7.68. The number of carbonyl (C=O) groups excluding carboxylic acids is 1. The number of anilines is 2. The summed E-state index contributed by atoms with van der Waals surface area (Å²) < 4.78 is 5.43. The number of aromatic amines is 1. The molecule has 2 aliphatic rings. The Morgan fingerprint density at radius 1 is 1.03 bits per heavy atom. The number of fused-ring (bicyclic) bond motifs is 2. The Bertz CT molecular complexity index is 1420. The Hall–Kier alpha value is -3.91. The topological polar surface area (TPSA) is 86.4 Å². The minimum atomic E-state index is 0.0496. The van der Waals surface area contributed by atoms with Crippen molar-refractivity contribution in [2.45, 2.75) is 25.2 Å². The highest BCUT2D eigenvalue weighted by Crippen LogP contribution is 2.35. The first-order chi connectivity index (χ1) is 18.1. The molecule has 8 heteroatoms. The first-order valence-electron chi connectivity index (χ1n) is 12.9. The van der Waals surface area contributed by atoms with Crippen LogP contribution in [0.25, 0.3) is 22.2 Å². The van der Waals surface area contributed by atoms with Crippen molar-refractivity contribution in [2.75, 3.05) is 50.6 Å². The lowest BCUT2D eigenvalue weighted by Gasteiger charge is -2.33. The number of rotatable bonds is 4. The molecule has 0 bridgehead atoms. The molecule has 8 nitrogen and oxygen atoms in total. The highest BCUT2D eigenvalue weighted by molar-refractivity contribution is 5.94. The first-order valence-corrected chi connectivity index (χ1v) is 12.9. The molecule has 2 N–H and O–H groups in total. The Morgan fingerprint density at radius 2 is 1.89 bits per heavy atom. The van der Waals surface area contributed by atoms with Gasteiger partial charge in [-0.2, -0.15) is 5.10 Å². The van der Waals surface area contributed by atoms with Gasteiger partial charge in [0.05, 0.1) is 12.6 Å². The van der Waals surface area contributed by atoms with E-state index in [1.807, 2.05) is 24.4 Å². The second kappa shape index (κ2) is 9.86. The first kappa shape index (κ1) is 23.5. The second-order valence-electron chi connectivity index (χ2n) is 10.1. The number of hydrogen-bond acceptors (Lipinski definition) is 6. The predicted molar refractivity (Wildman–Crippen MR) is 146 cm³/mol. The molecule has 1 atom stereocenters. The number of H-pyrrole nitrogens is 1. The summed E-state index contributed by atoms with van der Waals surface area (Å²) in [5.74, 6) is 2.09. The van der Waals surface area contributed by atoms with Gasteiger partial charge >= 0.3 is 0 Å². The molecule has 2 aromatic heterocycles. The molecule has 0 saturated carbocycles. The minimum Gasteiger partial charge on any atom is -0.497 e. The Kier molecular flexibility index (Phi) is 6.26. The van der Waals surface area contributed by atoms with E-state index in [-0.39, 0.29) is 11.8 Å². The number of aromatic nitrogens is 3. The fourth-order valence-corrected chi connectivity index (χ4v) is 5.42. The van der Waals surface area contributed by atoms with Crippen LogP contribution in [0, 0.1) is 0 Å². The van der Waals surface area contributed by atoms with Crippen LogP contribution in [0.5, 0.6) is 5.75 Å². The predicted octanol–water partition coefficient (Wildman–Crippen LogP) is 4.44. The van der Waals surface area contributed by atoms with Gasteiger partial charge in [0.25, 0.3) is 0 Å². The van der Waals surface area contributed by atoms with E-state index in [2.05, 4.69) is 62.7 Å². The Labute approximate surface area is 216 Å². The van der Waals surface area contributed by atoms with Crippen LogP contribution in [-0.2, 0) is 11.2 Å². The van der Waals surface area contributed by atoms with Crippen LogP contribution in [0.15, 0.2) is 54.7 Å². The van der Waals surface area contributed by atoms with Crippen LogP contribution < -0.4 is 15.0 Å². The maximum atomic E-state index is 12.5. The number of amides is 1. The van der Waals surface area contributed by atoms with E-state index in [9.17, 15) is 4.79 Å². The average molecular weight is 497 g/mol. The monoisotopic (exact) mass is 496 g/mol. The normalized spacial score (nSPS) is 18.7. The van der Waals surface area contributed by atoms with Crippen LogP contribution in [0.1, 0.15) is 29.9 Å². The highest BCUT2D eigenvalue weighted by atomic mass is 16.5. The molecule has 190 valence electrons. The molecule has 2 aliphatic heterocycles. The third-order valence-corrected chi connectivity index (χ3v) is 7.68. The molecular weight excluding hydrogens is 464 g/mol. The Balaban J connectivity index is 1.26. The number of hydrogen-bond donors (Lipinski definition) is 2. The van der Waals surface area contributed by atoms with Gasteiger partial charge in [0.1, 0.15) is 17.3 Å². The molecule has 0 spiro atoms. The number of benzene rings is 2. The Morgan fingerprint density at radius 3 is 2.68 bits per heavy atom. The molecule has 0 unspecified atom stereocenters. The summed E-state index contributed by atoms with van der Waals surface area (Å²) in [5, 5.41) is 12.0. The summed E-state index contributed by atoms with van der Waals surface area (Å²) in [5.41, 5.74) is 6.07. The lowest BCUT2D eigenvalue weighted by Crippen LogP contribution is -2.44. The van der Waals surface area contributed by atoms with Crippen LogP contribution in [0.2, 0.25) is 0 Å². The van der Waals surface area contributed by atoms with E-state index in [4.69, 9.17) is 9.72 Å². The van der Waals surface area contributed by atoms with Crippen molar-refractivity contribution in [1.82, 2.24) is 20.1 Å². The molecule has 1 fully saturated rings. The summed E-state index contributed by atoms with van der Waals surface area (Å²) in [6, 6.07) is 16.6. The van der Waals surface area contributed by atoms with Crippen molar-refractivity contribution in [3.8, 4) is 17.0 Å². The molecule has 0 radical (unpaired) electrons. The number of likely N-dealkylation sites (N-methyl/N-ethyl adjacent to an activating group) is 1. The zero-order valence-corrected chi connectivity index (χ0v) is 21.3. The molecule has 2 aromatic carbocycles. The molecule has 1 saturated heterocycles. The average Bonchev–Trinajstić information content (AvgIpc) is 3.34. The van der Waals surface area contributed by atoms with E-state index in [1.54, 1.807) is 7.11 Å². The van der Waals surface area contributed by atoms with Crippen molar-refractivity contribution in [3.05, 3.63) is 65.9 Å². The van der Waals surface area contributed by atoms with Gasteiger partial charge in [-0.15, -0.1) is 0 Å². The highest BCUT2D eigenvalue weighted by Gasteiger charge is 2.22. The standard InChI is InChI=1S/C29H32N6O2/c1-34-11-13-35(14-12-34)27-9-4-21(18-30-27)29-24-7-3-20(17-26(24)32-33-29)19-5-10-28(36)31-25-8-6-23(37-2)16-22(25)15-19/h3-4,6-9,16-19H,5,10-15H2,1-2H3,(H,31,36)(H,32,33)/t19-/m1/s1. The zero-order chi connectivity index (χ0) is 25.4. The number of pyridine rings is 1. The molecular formula is C29H32N6O2. The lowest BCUT2D eigenvalue weighted by atomic mass is 9.86. The number of methoxy groups -OCH3 is 1. The summed E-state index contributed by atoms with van der Waals surface area (Å²) in [6.45, 7) is 4.11. The maximum Gasteiger partial charge on any atom is 0.224 e. The van der Waals surface area contributed by atoms with Gasteiger partial charge in [-0.3, -0.25) is 9.89 Å². The second-order valence-corrected chi connectivity index (χ2v) is 10.1. The van der Waals surface area contributed by atoms with Gasteiger partial charge in [0.2, 0.25) is 5.91 Å². The van der Waals surface area contributed by atoms with Crippen molar-refractivity contribution < 1.29 is 9.53 Å². The van der Waals surface area contributed by atoms with Crippen molar-refractivity contribution in [1.29, 1.82) is 0 Å². The molecule has 4 heterocycles. The molecule has 1 amide bonds. The molecule has 37 heavy (non-hydrogen) atoms. The van der Waals surface area contributed by atoms with E-state index in [0.29, 0.717) is 6.42 Å². The van der Waals surface area contributed by atoms with Gasteiger partial charge in [0.15, 0.2) is 0 Å². The molecule has 0 aliphatic carbocycles. The summed E-state index contributed by atoms with van der Waals surface area (Å²) in [7, 11) is 3.83. The van der Waals surface area contributed by atoms with Crippen LogP contribution >= 0.6 is 0 Å². The number of nitrogens with zero attached hydrogens (tertiary/aromatic N) is 4. The SMILES string of the molecule is COc1ccc2c(c1)C[C@H](c1ccc3c(-c4ccc(N5CCN(C)CC5)nc4)n[nH]c3c1)CCC(=O)N2. The number of ether oxygens (including phenoxy) is 1. The number of carbonyl (C=O) groups is 1. The van der Waals surface area contributed by atoms with Crippen LogP contribution in [-0.4, -0.2) is 66.3 Å². The van der Waals surface area contributed by atoms with Gasteiger partial charge in [-0.1, -0.05) is 12.1 Å². The van der Waals surface area contributed by atoms with Crippen LogP contribution in [0.4, 0.5) is 11.5 Å². The van der Waals surface area contributed by atoms with E-state index >= 15 is 0 Å². The molecule has 4 aromatic rings. The van der Waals surface area contributed by atoms with Gasteiger partial charge in [0, 0.05) is 55.4 Å². The largest absolute Gasteiger partial charge is 0.497 e. The summed E-state index contributed by atoms with van der Waals surface area (Å²) in [6.07, 6.45) is 4.03. The fraction of sp³-hybridized carbons (Fsp3) is 0.345. The van der Waals surface area contributed by atoms with Gasteiger partial charge in [-0.05, 0) is 73.3 Å². The van der Waals surface area contributed by atoms with E-state index in [0.717, 1.165) is 84.0 Å². The maximum absolute atomic E-state index is 12.5.